The lowest BCUT2D eigenvalue weighted by molar-refractivity contribution is -0.139. The molecule has 9 heteroatoms. The Hall–Kier alpha value is -2.47. The van der Waals surface area contributed by atoms with Gasteiger partial charge in [-0.1, -0.05) is 77.8 Å². The van der Waals surface area contributed by atoms with E-state index in [1.54, 1.807) is 18.3 Å². The minimum Gasteiger partial charge on any atom is -0.487 e. The molecule has 0 saturated carbocycles. The summed E-state index contributed by atoms with van der Waals surface area (Å²) in [5, 5.41) is 6.68. The lowest BCUT2D eigenvalue weighted by Crippen LogP contribution is -2.41. The molecule has 1 saturated heterocycles. The van der Waals surface area contributed by atoms with Crippen LogP contribution in [0, 0.1) is 19.0 Å². The number of carbonyl (C=O) groups excluding carboxylic acids is 2. The fraction of sp³-hybridized carbons (Fsp3) is 0.156. The van der Waals surface area contributed by atoms with Gasteiger partial charge in [0.25, 0.3) is 11.8 Å². The van der Waals surface area contributed by atoms with Gasteiger partial charge in [-0.05, 0) is 97.3 Å². The first-order valence-corrected chi connectivity index (χ1v) is 15.9. The lowest BCUT2D eigenvalue weighted by Gasteiger charge is -2.45. The molecular weight excluding hydrogens is 785 g/mol. The molecule has 0 N–H and O–H groups in total. The average molecular weight is 805 g/mol. The summed E-state index contributed by atoms with van der Waals surface area (Å²) in [5.41, 5.74) is 6.17. The number of halogens is 4. The molecule has 2 atom stereocenters. The summed E-state index contributed by atoms with van der Waals surface area (Å²) in [6, 6.07) is 25.6. The highest BCUT2D eigenvalue weighted by molar-refractivity contribution is 14.1. The maximum absolute atomic E-state index is 13.8. The summed E-state index contributed by atoms with van der Waals surface area (Å²) in [6.07, 6.45) is 1.58. The van der Waals surface area contributed by atoms with Crippen molar-refractivity contribution in [1.82, 2.24) is 5.01 Å². The molecular formula is C32H20Cl2I2N2O3. The van der Waals surface area contributed by atoms with E-state index >= 15 is 0 Å². The van der Waals surface area contributed by atoms with E-state index in [2.05, 4.69) is 74.5 Å². The molecule has 8 rings (SSSR count). The normalized spacial score (nSPS) is 22.2. The van der Waals surface area contributed by atoms with Crippen LogP contribution < -0.4 is 4.74 Å². The zero-order valence-electron chi connectivity index (χ0n) is 21.2. The Labute approximate surface area is 274 Å². The number of ether oxygens (including phenoxy) is 1. The van der Waals surface area contributed by atoms with Crippen molar-refractivity contribution >= 4 is 86.4 Å². The number of hydrogen-bond acceptors (Lipinski definition) is 4. The van der Waals surface area contributed by atoms with Gasteiger partial charge in [0.15, 0.2) is 0 Å². The van der Waals surface area contributed by atoms with Gasteiger partial charge >= 0.3 is 0 Å². The topological polar surface area (TPSA) is 59.0 Å². The number of amides is 2. The zero-order chi connectivity index (χ0) is 28.4. The molecule has 0 aromatic heterocycles. The molecule has 1 aliphatic heterocycles. The molecule has 1 heterocycles. The van der Waals surface area contributed by atoms with Crippen LogP contribution in [0.2, 0.25) is 10.0 Å². The van der Waals surface area contributed by atoms with Gasteiger partial charge in [-0.3, -0.25) is 9.59 Å². The number of hydrogen-bond donors (Lipinski definition) is 0. The number of hydrazone groups is 1. The fourth-order valence-electron chi connectivity index (χ4n) is 6.48. The SMILES string of the molecule is O=C1[C@@H]2C3c4ccccc4C(c4ccccc43)[C@@H]2C(=O)N1/N=C\c1cc(I)c(OCc2ccc(Cl)cc2Cl)c(I)c1. The maximum atomic E-state index is 13.8. The second kappa shape index (κ2) is 10.7. The molecule has 0 radical (unpaired) electrons. The standard InChI is InChI=1S/C32H20Cl2I2N2O3/c33-18-10-9-17(23(34)13-18)15-41-30-24(35)11-16(12-25(30)36)14-37-38-31(39)28-26-19-5-1-2-6-20(19)27(29(28)32(38)40)22-8-4-3-7-21(22)26/h1-14,26-29H,15H2/b37-14-/t26?,27?,28-,29+. The molecule has 204 valence electrons. The van der Waals surface area contributed by atoms with Crippen LogP contribution in [0.3, 0.4) is 0 Å². The van der Waals surface area contributed by atoms with Crippen molar-refractivity contribution in [1.29, 1.82) is 0 Å². The average Bonchev–Trinajstić information content (AvgIpc) is 3.22. The quantitative estimate of drug-likeness (QED) is 0.117. The van der Waals surface area contributed by atoms with Gasteiger partial charge in [0.2, 0.25) is 0 Å². The monoisotopic (exact) mass is 804 g/mol. The van der Waals surface area contributed by atoms with Crippen molar-refractivity contribution in [2.24, 2.45) is 16.9 Å². The minimum absolute atomic E-state index is 0.151. The number of carbonyl (C=O) groups is 2. The molecule has 4 aliphatic rings. The van der Waals surface area contributed by atoms with E-state index in [1.807, 2.05) is 42.5 Å². The number of nitrogens with zero attached hydrogens (tertiary/aromatic N) is 2. The Kier molecular flexibility index (Phi) is 7.12. The van der Waals surface area contributed by atoms with Crippen LogP contribution in [0.25, 0.3) is 0 Å². The first-order chi connectivity index (χ1) is 19.8. The first kappa shape index (κ1) is 27.4. The lowest BCUT2D eigenvalue weighted by atomic mass is 9.55. The summed E-state index contributed by atoms with van der Waals surface area (Å²) in [6.45, 7) is 0.294. The van der Waals surface area contributed by atoms with Crippen LogP contribution in [0.15, 0.2) is 84.0 Å². The molecule has 1 fully saturated rings. The van der Waals surface area contributed by atoms with Gasteiger partial charge in [0.1, 0.15) is 12.4 Å². The van der Waals surface area contributed by atoms with Crippen LogP contribution in [-0.4, -0.2) is 23.0 Å². The summed E-state index contributed by atoms with van der Waals surface area (Å²) in [4.78, 5) is 27.6. The van der Waals surface area contributed by atoms with E-state index < -0.39 is 11.8 Å². The molecule has 0 spiro atoms. The third-order valence-corrected chi connectivity index (χ3v) is 10.3. The number of benzene rings is 4. The summed E-state index contributed by atoms with van der Waals surface area (Å²) >= 11 is 16.7. The predicted octanol–water partition coefficient (Wildman–Crippen LogP) is 8.01. The van der Waals surface area contributed by atoms with Crippen LogP contribution in [0.1, 0.15) is 45.2 Å². The summed E-state index contributed by atoms with van der Waals surface area (Å²) in [7, 11) is 0. The maximum Gasteiger partial charge on any atom is 0.254 e. The molecule has 4 aromatic rings. The Bertz CT molecular complexity index is 1650. The number of rotatable bonds is 5. The first-order valence-electron chi connectivity index (χ1n) is 13.0. The fourth-order valence-corrected chi connectivity index (χ4v) is 9.07. The Morgan fingerprint density at radius 2 is 1.29 bits per heavy atom. The van der Waals surface area contributed by atoms with E-state index in [-0.39, 0.29) is 23.7 Å². The van der Waals surface area contributed by atoms with Crippen LogP contribution >= 0.6 is 68.4 Å². The third-order valence-electron chi connectivity index (χ3n) is 8.16. The third kappa shape index (κ3) is 4.51. The molecule has 2 amide bonds. The zero-order valence-corrected chi connectivity index (χ0v) is 27.1. The highest BCUT2D eigenvalue weighted by Crippen LogP contribution is 2.61. The second-order valence-corrected chi connectivity index (χ2v) is 13.5. The molecule has 3 aliphatic carbocycles. The highest BCUT2D eigenvalue weighted by atomic mass is 127. The van der Waals surface area contributed by atoms with Crippen molar-refractivity contribution in [3.05, 3.63) is 129 Å². The van der Waals surface area contributed by atoms with Gasteiger partial charge in [0.05, 0.1) is 25.2 Å². The molecule has 4 aromatic carbocycles. The van der Waals surface area contributed by atoms with Crippen LogP contribution in [0.5, 0.6) is 5.75 Å². The van der Waals surface area contributed by atoms with E-state index in [0.29, 0.717) is 16.7 Å². The summed E-state index contributed by atoms with van der Waals surface area (Å²) < 4.78 is 7.84. The van der Waals surface area contributed by atoms with E-state index in [9.17, 15) is 9.59 Å². The van der Waals surface area contributed by atoms with Gasteiger partial charge in [-0.2, -0.15) is 10.1 Å². The van der Waals surface area contributed by atoms with Crippen molar-refractivity contribution in [3.63, 3.8) is 0 Å². The van der Waals surface area contributed by atoms with Gasteiger partial charge in [-0.15, -0.1) is 0 Å². The van der Waals surface area contributed by atoms with Gasteiger partial charge in [-0.25, -0.2) is 0 Å². The van der Waals surface area contributed by atoms with Crippen molar-refractivity contribution in [3.8, 4) is 5.75 Å². The van der Waals surface area contributed by atoms with Crippen LogP contribution in [0.4, 0.5) is 0 Å². The van der Waals surface area contributed by atoms with E-state index in [0.717, 1.165) is 51.3 Å². The second-order valence-electron chi connectivity index (χ2n) is 10.3. The van der Waals surface area contributed by atoms with E-state index in [1.165, 1.54) is 0 Å². The predicted molar refractivity (Wildman–Crippen MR) is 176 cm³/mol. The molecule has 0 unspecified atom stereocenters. The largest absolute Gasteiger partial charge is 0.487 e. The smallest absolute Gasteiger partial charge is 0.254 e. The molecule has 41 heavy (non-hydrogen) atoms. The van der Waals surface area contributed by atoms with Crippen molar-refractivity contribution in [2.75, 3.05) is 0 Å². The Morgan fingerprint density at radius 3 is 1.78 bits per heavy atom. The van der Waals surface area contributed by atoms with Gasteiger partial charge < -0.3 is 4.74 Å². The minimum atomic E-state index is -0.454. The summed E-state index contributed by atoms with van der Waals surface area (Å²) in [5.74, 6) is -0.960. The highest BCUT2D eigenvalue weighted by Gasteiger charge is 2.61. The molecule has 5 nitrogen and oxygen atoms in total. The van der Waals surface area contributed by atoms with E-state index in [4.69, 9.17) is 27.9 Å². The van der Waals surface area contributed by atoms with Gasteiger partial charge in [0, 0.05) is 27.4 Å². The molecule has 2 bridgehead atoms. The van der Waals surface area contributed by atoms with Crippen molar-refractivity contribution < 1.29 is 14.3 Å². The number of imide groups is 1. The van der Waals surface area contributed by atoms with Crippen molar-refractivity contribution in [2.45, 2.75) is 18.4 Å². The Balaban J connectivity index is 1.15. The Morgan fingerprint density at radius 1 is 0.780 bits per heavy atom. The van der Waals surface area contributed by atoms with Crippen LogP contribution in [-0.2, 0) is 16.2 Å².